The molecule has 6 heteroatoms. The van der Waals surface area contributed by atoms with E-state index in [1.165, 1.54) is 12.4 Å². The van der Waals surface area contributed by atoms with E-state index < -0.39 is 0 Å². The second-order valence-corrected chi connectivity index (χ2v) is 3.86. The van der Waals surface area contributed by atoms with Crippen LogP contribution in [0.25, 0.3) is 0 Å². The normalized spacial score (nSPS) is 24.0. The van der Waals surface area contributed by atoms with Crippen molar-refractivity contribution in [3.63, 3.8) is 0 Å². The van der Waals surface area contributed by atoms with Gasteiger partial charge in [0.2, 0.25) is 5.69 Å². The molecule has 17 heavy (non-hydrogen) atoms. The molecule has 2 atom stereocenters. The first-order valence-electron chi connectivity index (χ1n) is 5.49. The molecule has 90 valence electrons. The maximum Gasteiger partial charge on any atom is 0.251 e. The van der Waals surface area contributed by atoms with Gasteiger partial charge in [-0.05, 0) is 6.92 Å². The molecule has 0 spiro atoms. The number of rotatable bonds is 3. The Morgan fingerprint density at radius 2 is 2.35 bits per heavy atom. The van der Waals surface area contributed by atoms with E-state index in [9.17, 15) is 0 Å². The fraction of sp³-hybridized carbons (Fsp3) is 0.545. The number of nitrogens with zero attached hydrogens (tertiary/aromatic N) is 3. The van der Waals surface area contributed by atoms with Crippen LogP contribution in [0.1, 0.15) is 12.6 Å². The average Bonchev–Trinajstić information content (AvgIpc) is 2.37. The lowest BCUT2D eigenvalue weighted by Crippen LogP contribution is -2.45. The zero-order valence-corrected chi connectivity index (χ0v) is 9.59. The van der Waals surface area contributed by atoms with Crippen LogP contribution in [0.4, 0.5) is 0 Å². The van der Waals surface area contributed by atoms with Crippen molar-refractivity contribution in [2.45, 2.75) is 19.1 Å². The van der Waals surface area contributed by atoms with Gasteiger partial charge >= 0.3 is 0 Å². The van der Waals surface area contributed by atoms with Gasteiger partial charge in [0.25, 0.3) is 5.88 Å². The van der Waals surface area contributed by atoms with Crippen LogP contribution in [0.2, 0.25) is 0 Å². The van der Waals surface area contributed by atoms with E-state index in [0.29, 0.717) is 6.61 Å². The summed E-state index contributed by atoms with van der Waals surface area (Å²) in [5, 5.41) is 12.1. The Labute approximate surface area is 99.6 Å². The largest absolute Gasteiger partial charge is 0.473 e. The first-order chi connectivity index (χ1) is 8.29. The molecule has 0 aromatic carbocycles. The van der Waals surface area contributed by atoms with E-state index in [-0.39, 0.29) is 23.8 Å². The SMILES string of the molecule is CC1CNCC(COc2nccnc2C#N)O1. The molecule has 2 unspecified atom stereocenters. The maximum atomic E-state index is 8.82. The van der Waals surface area contributed by atoms with Gasteiger partial charge in [-0.15, -0.1) is 0 Å². The van der Waals surface area contributed by atoms with Gasteiger partial charge in [-0.25, -0.2) is 9.97 Å². The Hall–Kier alpha value is -1.71. The van der Waals surface area contributed by atoms with Crippen LogP contribution in [0.3, 0.4) is 0 Å². The highest BCUT2D eigenvalue weighted by Crippen LogP contribution is 2.11. The maximum absolute atomic E-state index is 8.82. The van der Waals surface area contributed by atoms with E-state index in [0.717, 1.165) is 13.1 Å². The highest BCUT2D eigenvalue weighted by atomic mass is 16.5. The molecule has 2 rings (SSSR count). The molecule has 2 heterocycles. The molecular weight excluding hydrogens is 220 g/mol. The Kier molecular flexibility index (Phi) is 3.85. The van der Waals surface area contributed by atoms with Gasteiger partial charge in [-0.2, -0.15) is 5.26 Å². The molecular formula is C11H14N4O2. The zero-order chi connectivity index (χ0) is 12.1. The molecule has 6 nitrogen and oxygen atoms in total. The van der Waals surface area contributed by atoms with Crippen molar-refractivity contribution in [1.29, 1.82) is 5.26 Å². The van der Waals surface area contributed by atoms with Gasteiger partial charge in [0.05, 0.1) is 6.10 Å². The summed E-state index contributed by atoms with van der Waals surface area (Å²) >= 11 is 0. The fourth-order valence-electron chi connectivity index (χ4n) is 1.65. The van der Waals surface area contributed by atoms with Gasteiger partial charge < -0.3 is 14.8 Å². The summed E-state index contributed by atoms with van der Waals surface area (Å²) in [5.74, 6) is 0.261. The second kappa shape index (κ2) is 5.57. The summed E-state index contributed by atoms with van der Waals surface area (Å²) in [6, 6.07) is 1.94. The van der Waals surface area contributed by atoms with Gasteiger partial charge in [-0.3, -0.25) is 0 Å². The molecule has 0 aliphatic carbocycles. The van der Waals surface area contributed by atoms with Crippen molar-refractivity contribution in [3.8, 4) is 11.9 Å². The smallest absolute Gasteiger partial charge is 0.251 e. The zero-order valence-electron chi connectivity index (χ0n) is 9.59. The van der Waals surface area contributed by atoms with E-state index >= 15 is 0 Å². The number of hydrogen-bond acceptors (Lipinski definition) is 6. The topological polar surface area (TPSA) is 80.1 Å². The van der Waals surface area contributed by atoms with E-state index in [4.69, 9.17) is 14.7 Å². The highest BCUT2D eigenvalue weighted by molar-refractivity contribution is 5.29. The third kappa shape index (κ3) is 3.12. The van der Waals surface area contributed by atoms with Crippen LogP contribution in [-0.2, 0) is 4.74 Å². The molecule has 0 bridgehead atoms. The van der Waals surface area contributed by atoms with Crippen LogP contribution in [0, 0.1) is 11.3 Å². The van der Waals surface area contributed by atoms with Crippen molar-refractivity contribution in [2.24, 2.45) is 0 Å². The Bertz CT molecular complexity index is 418. The minimum atomic E-state index is -0.0210. The third-order valence-corrected chi connectivity index (χ3v) is 2.41. The molecule has 1 aromatic heterocycles. The fourth-order valence-corrected chi connectivity index (χ4v) is 1.65. The number of nitrogens with one attached hydrogen (secondary N) is 1. The lowest BCUT2D eigenvalue weighted by Gasteiger charge is -2.28. The van der Waals surface area contributed by atoms with Crippen molar-refractivity contribution < 1.29 is 9.47 Å². The predicted molar refractivity (Wildman–Crippen MR) is 59.4 cm³/mol. The highest BCUT2D eigenvalue weighted by Gasteiger charge is 2.20. The molecule has 1 fully saturated rings. The summed E-state index contributed by atoms with van der Waals surface area (Å²) in [6.45, 7) is 3.96. The van der Waals surface area contributed by atoms with Crippen LogP contribution in [0.5, 0.6) is 5.88 Å². The summed E-state index contributed by atoms with van der Waals surface area (Å²) in [5.41, 5.74) is 0.198. The number of hydrogen-bond donors (Lipinski definition) is 1. The van der Waals surface area contributed by atoms with Crippen molar-refractivity contribution in [2.75, 3.05) is 19.7 Å². The van der Waals surface area contributed by atoms with Crippen LogP contribution < -0.4 is 10.1 Å². The van der Waals surface area contributed by atoms with Gasteiger partial charge in [0, 0.05) is 25.5 Å². The Morgan fingerprint density at radius 1 is 1.53 bits per heavy atom. The molecule has 0 radical (unpaired) electrons. The first kappa shape index (κ1) is 11.8. The van der Waals surface area contributed by atoms with Crippen molar-refractivity contribution >= 4 is 0 Å². The second-order valence-electron chi connectivity index (χ2n) is 3.86. The Morgan fingerprint density at radius 3 is 3.12 bits per heavy atom. The third-order valence-electron chi connectivity index (χ3n) is 2.41. The molecule has 0 saturated carbocycles. The predicted octanol–water partition coefficient (Wildman–Crippen LogP) is 0.104. The number of aromatic nitrogens is 2. The van der Waals surface area contributed by atoms with Gasteiger partial charge in [0.15, 0.2) is 0 Å². The minimum Gasteiger partial charge on any atom is -0.473 e. The van der Waals surface area contributed by atoms with Gasteiger partial charge in [-0.1, -0.05) is 0 Å². The quantitative estimate of drug-likeness (QED) is 0.799. The number of ether oxygens (including phenoxy) is 2. The summed E-state index contributed by atoms with van der Waals surface area (Å²) in [6.07, 6.45) is 3.12. The number of morpholine rings is 1. The molecule has 1 aliphatic rings. The van der Waals surface area contributed by atoms with Crippen molar-refractivity contribution in [3.05, 3.63) is 18.1 Å². The lowest BCUT2D eigenvalue weighted by atomic mass is 10.2. The van der Waals surface area contributed by atoms with E-state index in [1.807, 2.05) is 13.0 Å². The van der Waals surface area contributed by atoms with Gasteiger partial charge in [0.1, 0.15) is 18.8 Å². The molecule has 0 amide bonds. The summed E-state index contributed by atoms with van der Waals surface area (Å²) < 4.78 is 11.1. The molecule has 1 N–H and O–H groups in total. The van der Waals surface area contributed by atoms with Crippen LogP contribution >= 0.6 is 0 Å². The monoisotopic (exact) mass is 234 g/mol. The lowest BCUT2D eigenvalue weighted by molar-refractivity contribution is -0.0477. The first-order valence-corrected chi connectivity index (χ1v) is 5.49. The Balaban J connectivity index is 1.91. The molecule has 1 saturated heterocycles. The standard InChI is InChI=1S/C11H14N4O2/c1-8-5-13-6-9(17-8)7-16-11-10(4-12)14-2-3-15-11/h2-3,8-9,13H,5-7H2,1H3. The average molecular weight is 234 g/mol. The summed E-state index contributed by atoms with van der Waals surface area (Å²) in [4.78, 5) is 7.84. The van der Waals surface area contributed by atoms with Crippen molar-refractivity contribution in [1.82, 2.24) is 15.3 Å². The van der Waals surface area contributed by atoms with E-state index in [2.05, 4.69) is 15.3 Å². The van der Waals surface area contributed by atoms with Crippen LogP contribution in [-0.4, -0.2) is 41.9 Å². The summed E-state index contributed by atoms with van der Waals surface area (Å²) in [7, 11) is 0. The van der Waals surface area contributed by atoms with E-state index in [1.54, 1.807) is 0 Å². The molecule has 1 aromatic rings. The molecule has 1 aliphatic heterocycles. The number of nitriles is 1. The minimum absolute atomic E-state index is 0.0210. The van der Waals surface area contributed by atoms with Crippen LogP contribution in [0.15, 0.2) is 12.4 Å².